The highest BCUT2D eigenvalue weighted by atomic mass is 32.2. The zero-order valence-corrected chi connectivity index (χ0v) is 14.4. The zero-order chi connectivity index (χ0) is 18.0. The van der Waals surface area contributed by atoms with Crippen LogP contribution in [0.25, 0.3) is 11.0 Å². The van der Waals surface area contributed by atoms with Crippen molar-refractivity contribution in [2.45, 2.75) is 0 Å². The fraction of sp³-hybridized carbons (Fsp3) is 0.133. The number of rotatable bonds is 5. The van der Waals surface area contributed by atoms with Gasteiger partial charge in [0.25, 0.3) is 5.91 Å². The molecule has 0 fully saturated rings. The molecule has 0 bridgehead atoms. The summed E-state index contributed by atoms with van der Waals surface area (Å²) in [4.78, 5) is 25.0. The zero-order valence-electron chi connectivity index (χ0n) is 13.5. The van der Waals surface area contributed by atoms with Gasteiger partial charge in [0.1, 0.15) is 11.3 Å². The molecule has 0 atom stereocenters. The van der Waals surface area contributed by atoms with Gasteiger partial charge in [-0.1, -0.05) is 0 Å². The van der Waals surface area contributed by atoms with Crippen LogP contribution in [-0.2, 0) is 10.9 Å². The van der Waals surface area contributed by atoms with Gasteiger partial charge in [-0.3, -0.25) is 9.52 Å². The number of nitrogens with one attached hydrogen (secondary N) is 3. The van der Waals surface area contributed by atoms with Gasteiger partial charge in [-0.2, -0.15) is 4.98 Å². The lowest BCUT2D eigenvalue weighted by molar-refractivity contribution is 0.0823. The molecule has 1 amide bonds. The summed E-state index contributed by atoms with van der Waals surface area (Å²) in [7, 11) is 0.657. The molecule has 2 heterocycles. The summed E-state index contributed by atoms with van der Waals surface area (Å²) in [5.74, 6) is 0.209. The average molecular weight is 360 g/mol. The molecule has 0 saturated carbocycles. The predicted octanol–water partition coefficient (Wildman–Crippen LogP) is 1.34. The molecule has 0 aliphatic heterocycles. The Kier molecular flexibility index (Phi) is 4.52. The van der Waals surface area contributed by atoms with Crippen molar-refractivity contribution in [1.29, 1.82) is 0 Å². The van der Waals surface area contributed by atoms with E-state index in [0.717, 1.165) is 5.39 Å². The number of hydrogen-bond acceptors (Lipinski definition) is 6. The molecule has 130 valence electrons. The van der Waals surface area contributed by atoms with Gasteiger partial charge in [-0.25, -0.2) is 13.4 Å². The van der Waals surface area contributed by atoms with Crippen molar-refractivity contribution in [3.8, 4) is 0 Å². The molecular formula is C15H16N6O3S. The first-order valence-electron chi connectivity index (χ1n) is 7.28. The number of thiol groups is 1. The molecule has 3 aromatic rings. The van der Waals surface area contributed by atoms with Crippen molar-refractivity contribution in [3.63, 3.8) is 0 Å². The number of fused-ring (bicyclic) bond motifs is 1. The summed E-state index contributed by atoms with van der Waals surface area (Å²) in [6, 6.07) is 8.34. The number of aromatic nitrogens is 3. The maximum absolute atomic E-state index is 12.0. The van der Waals surface area contributed by atoms with E-state index in [1.54, 1.807) is 50.6 Å². The number of carbonyl (C=O) groups excluding carboxylic acids is 1. The Balaban J connectivity index is 1.80. The lowest BCUT2D eigenvalue weighted by Gasteiger charge is -2.07. The number of amides is 1. The van der Waals surface area contributed by atoms with Gasteiger partial charge < -0.3 is 15.2 Å². The Bertz CT molecular complexity index is 986. The molecule has 0 spiro atoms. The predicted molar refractivity (Wildman–Crippen MR) is 95.6 cm³/mol. The maximum atomic E-state index is 12.0. The molecule has 25 heavy (non-hydrogen) atoms. The van der Waals surface area contributed by atoms with Crippen molar-refractivity contribution in [2.24, 2.45) is 0 Å². The van der Waals surface area contributed by atoms with E-state index in [9.17, 15) is 13.2 Å². The molecule has 0 unspecified atom stereocenters. The van der Waals surface area contributed by atoms with E-state index in [1.165, 1.54) is 4.90 Å². The fourth-order valence-electron chi connectivity index (χ4n) is 2.19. The number of aromatic amines is 1. The third-order valence-electron chi connectivity index (χ3n) is 3.37. The number of H-pyrrole nitrogens is 1. The van der Waals surface area contributed by atoms with Gasteiger partial charge in [0.15, 0.2) is 0 Å². The van der Waals surface area contributed by atoms with Crippen LogP contribution in [-0.4, -0.2) is 48.3 Å². The molecular weight excluding hydrogens is 344 g/mol. The summed E-state index contributed by atoms with van der Waals surface area (Å²) in [6.07, 6.45) is 1.62. The van der Waals surface area contributed by atoms with E-state index in [-0.39, 0.29) is 5.91 Å². The second kappa shape index (κ2) is 6.77. The minimum Gasteiger partial charge on any atom is -0.344 e. The highest BCUT2D eigenvalue weighted by Gasteiger charge is 2.12. The lowest BCUT2D eigenvalue weighted by atomic mass is 10.3. The third kappa shape index (κ3) is 3.86. The molecule has 0 aliphatic rings. The Morgan fingerprint density at radius 1 is 1.16 bits per heavy atom. The van der Waals surface area contributed by atoms with Crippen LogP contribution in [0.4, 0.5) is 17.3 Å². The number of hydrogen-bond donors (Lipinski definition) is 4. The largest absolute Gasteiger partial charge is 0.344 e. The van der Waals surface area contributed by atoms with Crippen molar-refractivity contribution >= 4 is 45.2 Å². The van der Waals surface area contributed by atoms with E-state index >= 15 is 0 Å². The highest BCUT2D eigenvalue weighted by molar-refractivity contribution is 7.73. The van der Waals surface area contributed by atoms with Crippen LogP contribution in [0.5, 0.6) is 0 Å². The molecule has 0 radical (unpaired) electrons. The maximum Gasteiger partial charge on any atom is 0.269 e. The Hall–Kier alpha value is -3.14. The third-order valence-corrected chi connectivity index (χ3v) is 3.81. The summed E-state index contributed by atoms with van der Waals surface area (Å²) in [6.45, 7) is 0. The monoisotopic (exact) mass is 360 g/mol. The summed E-state index contributed by atoms with van der Waals surface area (Å²) in [5.41, 5.74) is 2.15. The number of carbonyl (C=O) groups is 1. The number of benzene rings is 1. The second-order valence-electron chi connectivity index (χ2n) is 5.45. The van der Waals surface area contributed by atoms with Crippen LogP contribution in [0.3, 0.4) is 0 Å². The first-order chi connectivity index (χ1) is 11.9. The highest BCUT2D eigenvalue weighted by Crippen LogP contribution is 2.19. The van der Waals surface area contributed by atoms with E-state index in [2.05, 4.69) is 25.0 Å². The molecule has 2 aromatic heterocycles. The van der Waals surface area contributed by atoms with E-state index in [1.807, 2.05) is 0 Å². The smallest absolute Gasteiger partial charge is 0.269 e. The van der Waals surface area contributed by atoms with Gasteiger partial charge in [0.2, 0.25) is 16.8 Å². The van der Waals surface area contributed by atoms with E-state index in [0.29, 0.717) is 28.7 Å². The van der Waals surface area contributed by atoms with Crippen LogP contribution in [0, 0.1) is 0 Å². The summed E-state index contributed by atoms with van der Waals surface area (Å²) in [5, 5.41) is 3.75. The lowest BCUT2D eigenvalue weighted by Crippen LogP contribution is -2.21. The van der Waals surface area contributed by atoms with Gasteiger partial charge in [-0.05, 0) is 30.3 Å². The first kappa shape index (κ1) is 16.7. The normalized spacial score (nSPS) is 10.8. The molecule has 3 rings (SSSR count). The van der Waals surface area contributed by atoms with Crippen LogP contribution in [0.2, 0.25) is 0 Å². The minimum absolute atomic E-state index is 0.146. The number of anilines is 3. The molecule has 1 aromatic carbocycles. The fourth-order valence-corrected chi connectivity index (χ4v) is 2.55. The van der Waals surface area contributed by atoms with Crippen LogP contribution in [0.15, 0.2) is 36.5 Å². The first-order valence-corrected chi connectivity index (χ1v) is 8.45. The van der Waals surface area contributed by atoms with E-state index in [4.69, 9.17) is 0 Å². The SMILES string of the molecule is CN(C)C(=O)c1cc2cnc(Nc3ccc(N[SH](=O)=O)cc3)nc2[nH]1. The molecule has 0 saturated heterocycles. The van der Waals surface area contributed by atoms with Crippen molar-refractivity contribution in [3.05, 3.63) is 42.2 Å². The topological polar surface area (TPSA) is 120 Å². The van der Waals surface area contributed by atoms with Crippen LogP contribution in [0.1, 0.15) is 10.5 Å². The van der Waals surface area contributed by atoms with Crippen molar-refractivity contribution in [2.75, 3.05) is 24.1 Å². The Morgan fingerprint density at radius 3 is 2.48 bits per heavy atom. The van der Waals surface area contributed by atoms with Crippen LogP contribution < -0.4 is 10.0 Å². The Labute approximate surface area is 145 Å². The number of nitrogens with zero attached hydrogens (tertiary/aromatic N) is 3. The van der Waals surface area contributed by atoms with Gasteiger partial charge >= 0.3 is 0 Å². The minimum atomic E-state index is -2.69. The standard InChI is InChI=1S/C15H16N6O3S/c1-21(2)14(22)12-7-9-8-16-15(19-13(9)18-12)17-10-3-5-11(6-4-10)20-25(23)24/h3-8,25H,1-2H3,(H,20,23,24)(H2,16,17,18,19). The average Bonchev–Trinajstić information content (AvgIpc) is 2.98. The quantitative estimate of drug-likeness (QED) is 0.510. The van der Waals surface area contributed by atoms with E-state index < -0.39 is 10.9 Å². The molecule has 10 heteroatoms. The van der Waals surface area contributed by atoms with Gasteiger partial charge in [0.05, 0.1) is 0 Å². The summed E-state index contributed by atoms with van der Waals surface area (Å²) >= 11 is 0. The van der Waals surface area contributed by atoms with Crippen molar-refractivity contribution in [1.82, 2.24) is 19.9 Å². The van der Waals surface area contributed by atoms with Crippen molar-refractivity contribution < 1.29 is 13.2 Å². The second-order valence-corrected chi connectivity index (χ2v) is 6.19. The Morgan fingerprint density at radius 2 is 1.84 bits per heavy atom. The molecule has 3 N–H and O–H groups in total. The van der Waals surface area contributed by atoms with Crippen LogP contribution >= 0.6 is 0 Å². The molecule has 9 nitrogen and oxygen atoms in total. The molecule has 0 aliphatic carbocycles. The van der Waals surface area contributed by atoms with Gasteiger partial charge in [-0.15, -0.1) is 0 Å². The summed E-state index contributed by atoms with van der Waals surface area (Å²) < 4.78 is 23.5. The van der Waals surface area contributed by atoms with Gasteiger partial charge in [0, 0.05) is 37.1 Å².